The lowest BCUT2D eigenvalue weighted by Crippen LogP contribution is -2.47. The summed E-state index contributed by atoms with van der Waals surface area (Å²) in [5.41, 5.74) is 0.421. The number of benzene rings is 1. The Morgan fingerprint density at radius 3 is 2.60 bits per heavy atom. The highest BCUT2D eigenvalue weighted by atomic mass is 32.2. The first-order valence-corrected chi connectivity index (χ1v) is 11.1. The zero-order chi connectivity index (χ0) is 21.2. The Bertz CT molecular complexity index is 1020. The molecule has 0 saturated carbocycles. The van der Waals surface area contributed by atoms with Gasteiger partial charge in [0, 0.05) is 44.9 Å². The molecule has 2 saturated heterocycles. The van der Waals surface area contributed by atoms with Crippen molar-refractivity contribution >= 4 is 15.9 Å². The van der Waals surface area contributed by atoms with Gasteiger partial charge in [-0.3, -0.25) is 9.78 Å². The van der Waals surface area contributed by atoms with Crippen molar-refractivity contribution in [1.29, 1.82) is 0 Å². The standard InChI is InChI=1S/C20H22FN3O5S/c21-18-4-3-16(12-17(18)19(25)23-14-15-2-1-7-22-13-15)30(26,27)24-8-5-20(6-9-24)28-10-11-29-20/h1-4,7,12-13H,5-6,8-11,14H2,(H,23,25). The van der Waals surface area contributed by atoms with E-state index >= 15 is 0 Å². The Morgan fingerprint density at radius 1 is 1.20 bits per heavy atom. The number of pyridine rings is 1. The molecule has 0 aliphatic carbocycles. The van der Waals surface area contributed by atoms with E-state index in [-0.39, 0.29) is 30.1 Å². The van der Waals surface area contributed by atoms with Crippen molar-refractivity contribution in [3.8, 4) is 0 Å². The number of piperidine rings is 1. The molecule has 4 rings (SSSR count). The number of ether oxygens (including phenoxy) is 2. The van der Waals surface area contributed by atoms with Crippen molar-refractivity contribution in [2.45, 2.75) is 30.1 Å². The lowest BCUT2D eigenvalue weighted by Gasteiger charge is -2.36. The van der Waals surface area contributed by atoms with Crippen LogP contribution in [0.4, 0.5) is 4.39 Å². The quantitative estimate of drug-likeness (QED) is 0.768. The number of aromatic nitrogens is 1. The van der Waals surface area contributed by atoms with Crippen LogP contribution in [0.3, 0.4) is 0 Å². The number of halogens is 1. The summed E-state index contributed by atoms with van der Waals surface area (Å²) in [5, 5.41) is 2.59. The number of sulfonamides is 1. The molecule has 0 atom stereocenters. The van der Waals surface area contributed by atoms with Gasteiger partial charge in [0.05, 0.1) is 23.7 Å². The molecule has 160 valence electrons. The monoisotopic (exact) mass is 435 g/mol. The molecule has 0 radical (unpaired) electrons. The molecule has 1 amide bonds. The number of nitrogens with one attached hydrogen (secondary N) is 1. The third kappa shape index (κ3) is 4.22. The van der Waals surface area contributed by atoms with Gasteiger partial charge in [0.15, 0.2) is 5.79 Å². The molecule has 1 N–H and O–H groups in total. The van der Waals surface area contributed by atoms with Crippen LogP contribution in [0.5, 0.6) is 0 Å². The summed E-state index contributed by atoms with van der Waals surface area (Å²) in [6.45, 7) is 1.60. The highest BCUT2D eigenvalue weighted by molar-refractivity contribution is 7.89. The molecule has 3 heterocycles. The number of rotatable bonds is 5. The molecule has 0 bridgehead atoms. The van der Waals surface area contributed by atoms with Gasteiger partial charge in [-0.05, 0) is 29.8 Å². The van der Waals surface area contributed by atoms with Gasteiger partial charge in [0.2, 0.25) is 10.0 Å². The van der Waals surface area contributed by atoms with E-state index in [1.807, 2.05) is 0 Å². The lowest BCUT2D eigenvalue weighted by atomic mass is 10.1. The van der Waals surface area contributed by atoms with Crippen LogP contribution in [-0.4, -0.2) is 55.7 Å². The second kappa shape index (κ2) is 8.38. The molecule has 2 aliphatic heterocycles. The third-order valence-corrected chi connectivity index (χ3v) is 7.19. The van der Waals surface area contributed by atoms with Crippen molar-refractivity contribution in [2.24, 2.45) is 0 Å². The molecule has 1 spiro atoms. The fraction of sp³-hybridized carbons (Fsp3) is 0.400. The first-order valence-electron chi connectivity index (χ1n) is 9.64. The Hall–Kier alpha value is -2.40. The fourth-order valence-electron chi connectivity index (χ4n) is 3.62. The summed E-state index contributed by atoms with van der Waals surface area (Å²) in [4.78, 5) is 16.3. The number of hydrogen-bond donors (Lipinski definition) is 1. The van der Waals surface area contributed by atoms with Crippen molar-refractivity contribution in [1.82, 2.24) is 14.6 Å². The summed E-state index contributed by atoms with van der Waals surface area (Å²) in [6, 6.07) is 6.75. The second-order valence-corrected chi connectivity index (χ2v) is 9.14. The number of amides is 1. The Kier molecular flexibility index (Phi) is 5.83. The van der Waals surface area contributed by atoms with Gasteiger partial charge < -0.3 is 14.8 Å². The van der Waals surface area contributed by atoms with Crippen molar-refractivity contribution in [3.63, 3.8) is 0 Å². The maximum Gasteiger partial charge on any atom is 0.254 e. The molecule has 2 aromatic rings. The van der Waals surface area contributed by atoms with Gasteiger partial charge in [-0.15, -0.1) is 0 Å². The summed E-state index contributed by atoms with van der Waals surface area (Å²) in [5.74, 6) is -2.19. The molecule has 2 aliphatic rings. The van der Waals surface area contributed by atoms with E-state index in [4.69, 9.17) is 9.47 Å². The van der Waals surface area contributed by atoms with E-state index in [0.29, 0.717) is 26.1 Å². The highest BCUT2D eigenvalue weighted by Gasteiger charge is 2.42. The van der Waals surface area contributed by atoms with Crippen molar-refractivity contribution in [2.75, 3.05) is 26.3 Å². The largest absolute Gasteiger partial charge is 0.348 e. The van der Waals surface area contributed by atoms with Gasteiger partial charge >= 0.3 is 0 Å². The van der Waals surface area contributed by atoms with Gasteiger partial charge in [-0.25, -0.2) is 12.8 Å². The molecule has 30 heavy (non-hydrogen) atoms. The molecular weight excluding hydrogens is 413 g/mol. The molecule has 2 fully saturated rings. The maximum atomic E-state index is 14.3. The van der Waals surface area contributed by atoms with Crippen LogP contribution in [0.15, 0.2) is 47.6 Å². The van der Waals surface area contributed by atoms with Gasteiger partial charge in [-0.1, -0.05) is 6.07 Å². The fourth-order valence-corrected chi connectivity index (χ4v) is 5.09. The van der Waals surface area contributed by atoms with E-state index in [1.54, 1.807) is 24.5 Å². The summed E-state index contributed by atoms with van der Waals surface area (Å²) in [7, 11) is -3.88. The van der Waals surface area contributed by atoms with Crippen molar-refractivity contribution in [3.05, 3.63) is 59.7 Å². The molecule has 0 unspecified atom stereocenters. The number of carbonyl (C=O) groups is 1. The Morgan fingerprint density at radius 2 is 1.93 bits per heavy atom. The summed E-state index contributed by atoms with van der Waals surface area (Å²) < 4.78 is 52.9. The zero-order valence-corrected chi connectivity index (χ0v) is 17.0. The number of hydrogen-bond acceptors (Lipinski definition) is 6. The SMILES string of the molecule is O=C(NCc1cccnc1)c1cc(S(=O)(=O)N2CCC3(CC2)OCCO3)ccc1F. The van der Waals surface area contributed by atoms with Crippen LogP contribution in [0.1, 0.15) is 28.8 Å². The second-order valence-electron chi connectivity index (χ2n) is 7.20. The van der Waals surface area contributed by atoms with Crippen molar-refractivity contribution < 1.29 is 27.1 Å². The Labute approximate surface area is 174 Å². The third-order valence-electron chi connectivity index (χ3n) is 5.29. The lowest BCUT2D eigenvalue weighted by molar-refractivity contribution is -0.179. The smallest absolute Gasteiger partial charge is 0.254 e. The number of carbonyl (C=O) groups excluding carboxylic acids is 1. The van der Waals surface area contributed by atoms with Crippen LogP contribution < -0.4 is 5.32 Å². The van der Waals surface area contributed by atoms with Gasteiger partial charge in [0.1, 0.15) is 5.82 Å². The topological polar surface area (TPSA) is 97.8 Å². The molecule has 1 aromatic carbocycles. The predicted molar refractivity (Wildman–Crippen MR) is 104 cm³/mol. The maximum absolute atomic E-state index is 14.3. The normalized spacial score (nSPS) is 19.1. The van der Waals surface area contributed by atoms with Gasteiger partial charge in [-0.2, -0.15) is 4.31 Å². The zero-order valence-electron chi connectivity index (χ0n) is 16.2. The van der Waals surface area contributed by atoms with E-state index in [0.717, 1.165) is 17.7 Å². The van der Waals surface area contributed by atoms with E-state index in [1.165, 1.54) is 10.4 Å². The van der Waals surface area contributed by atoms with Crippen LogP contribution in [0.2, 0.25) is 0 Å². The predicted octanol–water partition coefficient (Wildman–Crippen LogP) is 1.68. The van der Waals surface area contributed by atoms with Gasteiger partial charge in [0.25, 0.3) is 5.91 Å². The van der Waals surface area contributed by atoms with E-state index < -0.39 is 27.5 Å². The summed E-state index contributed by atoms with van der Waals surface area (Å²) >= 11 is 0. The molecule has 8 nitrogen and oxygen atoms in total. The minimum absolute atomic E-state index is 0.125. The first kappa shape index (κ1) is 20.9. The number of nitrogens with zero attached hydrogens (tertiary/aromatic N) is 2. The average molecular weight is 435 g/mol. The van der Waals surface area contributed by atoms with E-state index in [9.17, 15) is 17.6 Å². The minimum atomic E-state index is -3.88. The highest BCUT2D eigenvalue weighted by Crippen LogP contribution is 2.33. The average Bonchev–Trinajstić information content (AvgIpc) is 3.21. The van der Waals surface area contributed by atoms with Crippen LogP contribution in [-0.2, 0) is 26.0 Å². The van der Waals surface area contributed by atoms with Crippen LogP contribution >= 0.6 is 0 Å². The van der Waals surface area contributed by atoms with Crippen LogP contribution in [0, 0.1) is 5.82 Å². The summed E-state index contributed by atoms with van der Waals surface area (Å²) in [6.07, 6.45) is 4.03. The van der Waals surface area contributed by atoms with E-state index in [2.05, 4.69) is 10.3 Å². The van der Waals surface area contributed by atoms with Crippen LogP contribution in [0.25, 0.3) is 0 Å². The minimum Gasteiger partial charge on any atom is -0.348 e. The molecular formula is C20H22FN3O5S. The first-order chi connectivity index (χ1) is 14.4. The molecule has 1 aromatic heterocycles. The Balaban J connectivity index is 1.48. The molecule has 10 heteroatoms.